The summed E-state index contributed by atoms with van der Waals surface area (Å²) in [5.41, 5.74) is 0. The number of hydrogen-bond acceptors (Lipinski definition) is 5. The van der Waals surface area contributed by atoms with E-state index in [1.807, 2.05) is 0 Å². The number of amides is 2. The number of methoxy groups -OCH3 is 1. The van der Waals surface area contributed by atoms with Crippen LogP contribution in [0.25, 0.3) is 0 Å². The van der Waals surface area contributed by atoms with Gasteiger partial charge in [0.15, 0.2) is 0 Å². The van der Waals surface area contributed by atoms with Crippen LogP contribution in [0.3, 0.4) is 0 Å². The number of nitrogens with one attached hydrogen (secondary N) is 2. The van der Waals surface area contributed by atoms with Crippen LogP contribution in [0.15, 0.2) is 12.2 Å². The highest BCUT2D eigenvalue weighted by atomic mass is 16.5. The summed E-state index contributed by atoms with van der Waals surface area (Å²) in [6.45, 7) is 1.32. The van der Waals surface area contributed by atoms with Gasteiger partial charge in [-0.3, -0.25) is 0 Å². The number of ether oxygens (including phenoxy) is 2. The maximum absolute atomic E-state index is 11.6. The smallest absolute Gasteiger partial charge is 0.331 e. The Morgan fingerprint density at radius 3 is 2.43 bits per heavy atom. The molecule has 0 aromatic heterocycles. The molecular formula is C16H26N2O5. The van der Waals surface area contributed by atoms with E-state index in [2.05, 4.69) is 15.4 Å². The Morgan fingerprint density at radius 2 is 1.74 bits per heavy atom. The number of carbonyl (C=O) groups is 3. The fourth-order valence-corrected chi connectivity index (χ4v) is 2.39. The number of hydrogen-bond donors (Lipinski definition) is 2. The highest BCUT2D eigenvalue weighted by Gasteiger charge is 2.13. The molecule has 0 saturated heterocycles. The molecule has 7 nitrogen and oxygen atoms in total. The van der Waals surface area contributed by atoms with Crippen molar-refractivity contribution in [2.24, 2.45) is 5.92 Å². The van der Waals surface area contributed by atoms with Crippen molar-refractivity contribution in [3.05, 3.63) is 12.2 Å². The fourth-order valence-electron chi connectivity index (χ4n) is 2.39. The molecule has 1 aliphatic rings. The fraction of sp³-hybridized carbons (Fsp3) is 0.688. The largest absolute Gasteiger partial charge is 0.466 e. The summed E-state index contributed by atoms with van der Waals surface area (Å²) in [6, 6.07) is -0.188. The SMILES string of the molecule is COC(=O)/C=C/C(=O)OCCCNC(=O)NCC1CCCCC1. The Morgan fingerprint density at radius 1 is 1.04 bits per heavy atom. The monoisotopic (exact) mass is 326 g/mol. The van der Waals surface area contributed by atoms with Crippen molar-refractivity contribution in [3.63, 3.8) is 0 Å². The molecule has 0 radical (unpaired) electrons. The molecule has 1 fully saturated rings. The van der Waals surface area contributed by atoms with E-state index in [0.29, 0.717) is 18.9 Å². The standard InChI is InChI=1S/C16H26N2O5/c1-22-14(19)8-9-15(20)23-11-5-10-17-16(21)18-12-13-6-3-2-4-7-13/h8-9,13H,2-7,10-12H2,1H3,(H2,17,18,21)/b9-8+. The normalized spacial score (nSPS) is 15.2. The Labute approximate surface area is 136 Å². The summed E-state index contributed by atoms with van der Waals surface area (Å²) in [5.74, 6) is -0.632. The van der Waals surface area contributed by atoms with Gasteiger partial charge >= 0.3 is 18.0 Å². The van der Waals surface area contributed by atoms with E-state index >= 15 is 0 Å². The van der Waals surface area contributed by atoms with Crippen molar-refractivity contribution in [3.8, 4) is 0 Å². The third kappa shape index (κ3) is 9.55. The van der Waals surface area contributed by atoms with Crippen LogP contribution in [0.4, 0.5) is 4.79 Å². The summed E-state index contributed by atoms with van der Waals surface area (Å²) < 4.78 is 9.22. The average molecular weight is 326 g/mol. The van der Waals surface area contributed by atoms with Gasteiger partial charge in [-0.05, 0) is 25.2 Å². The second-order valence-electron chi connectivity index (χ2n) is 5.52. The lowest BCUT2D eigenvalue weighted by atomic mass is 9.89. The van der Waals surface area contributed by atoms with Gasteiger partial charge in [0.2, 0.25) is 0 Å². The molecule has 23 heavy (non-hydrogen) atoms. The van der Waals surface area contributed by atoms with Crippen LogP contribution in [0, 0.1) is 5.92 Å². The number of carbonyl (C=O) groups excluding carboxylic acids is 3. The topological polar surface area (TPSA) is 93.7 Å². The number of esters is 2. The quantitative estimate of drug-likeness (QED) is 0.401. The molecule has 0 unspecified atom stereocenters. The zero-order valence-corrected chi connectivity index (χ0v) is 13.6. The van der Waals surface area contributed by atoms with Crippen LogP contribution >= 0.6 is 0 Å². The van der Waals surface area contributed by atoms with E-state index in [4.69, 9.17) is 4.74 Å². The van der Waals surface area contributed by atoms with E-state index in [-0.39, 0.29) is 12.6 Å². The predicted molar refractivity (Wildman–Crippen MR) is 84.7 cm³/mol. The van der Waals surface area contributed by atoms with Crippen molar-refractivity contribution in [2.45, 2.75) is 38.5 Å². The Kier molecular flexibility index (Phi) is 9.51. The van der Waals surface area contributed by atoms with E-state index in [9.17, 15) is 14.4 Å². The second kappa shape index (κ2) is 11.5. The summed E-state index contributed by atoms with van der Waals surface area (Å²) in [6.07, 6.45) is 8.71. The average Bonchev–Trinajstić information content (AvgIpc) is 2.58. The molecule has 0 aromatic carbocycles. The van der Waals surface area contributed by atoms with Crippen LogP contribution < -0.4 is 10.6 Å². The van der Waals surface area contributed by atoms with E-state index in [1.165, 1.54) is 39.2 Å². The van der Waals surface area contributed by atoms with Crippen LogP contribution in [0.5, 0.6) is 0 Å². The van der Waals surface area contributed by atoms with Crippen LogP contribution in [0.1, 0.15) is 38.5 Å². The van der Waals surface area contributed by atoms with Gasteiger partial charge in [0, 0.05) is 25.2 Å². The molecule has 7 heteroatoms. The Balaban J connectivity index is 1.99. The molecule has 0 atom stereocenters. The first kappa shape index (κ1) is 19.0. The van der Waals surface area contributed by atoms with Crippen molar-refractivity contribution in [2.75, 3.05) is 26.8 Å². The van der Waals surface area contributed by atoms with Gasteiger partial charge in [0.05, 0.1) is 13.7 Å². The maximum atomic E-state index is 11.6. The predicted octanol–water partition coefficient (Wildman–Crippen LogP) is 1.53. The van der Waals surface area contributed by atoms with Gasteiger partial charge in [0.25, 0.3) is 0 Å². The molecule has 0 heterocycles. The Hall–Kier alpha value is -2.05. The lowest BCUT2D eigenvalue weighted by Gasteiger charge is -2.21. The maximum Gasteiger partial charge on any atom is 0.331 e. The minimum absolute atomic E-state index is 0.174. The van der Waals surface area contributed by atoms with Gasteiger partial charge in [-0.2, -0.15) is 0 Å². The van der Waals surface area contributed by atoms with Crippen LogP contribution in [0.2, 0.25) is 0 Å². The van der Waals surface area contributed by atoms with E-state index in [1.54, 1.807) is 0 Å². The molecular weight excluding hydrogens is 300 g/mol. The highest BCUT2D eigenvalue weighted by molar-refractivity contribution is 5.91. The third-order valence-corrected chi connectivity index (χ3v) is 3.68. The third-order valence-electron chi connectivity index (χ3n) is 3.68. The molecule has 1 rings (SSSR count). The van der Waals surface area contributed by atoms with Gasteiger partial charge in [-0.15, -0.1) is 0 Å². The molecule has 0 aliphatic heterocycles. The minimum atomic E-state index is -0.614. The van der Waals surface area contributed by atoms with Crippen molar-refractivity contribution in [1.29, 1.82) is 0 Å². The molecule has 0 aromatic rings. The number of urea groups is 1. The van der Waals surface area contributed by atoms with Gasteiger partial charge < -0.3 is 20.1 Å². The summed E-state index contributed by atoms with van der Waals surface area (Å²) in [7, 11) is 1.23. The van der Waals surface area contributed by atoms with Crippen molar-refractivity contribution in [1.82, 2.24) is 10.6 Å². The summed E-state index contributed by atoms with van der Waals surface area (Å²) in [4.78, 5) is 33.6. The molecule has 0 spiro atoms. The van der Waals surface area contributed by atoms with Crippen LogP contribution in [-0.2, 0) is 19.1 Å². The minimum Gasteiger partial charge on any atom is -0.466 e. The van der Waals surface area contributed by atoms with Crippen molar-refractivity contribution < 1.29 is 23.9 Å². The molecule has 1 saturated carbocycles. The molecule has 2 N–H and O–H groups in total. The van der Waals surface area contributed by atoms with Gasteiger partial charge in [0.1, 0.15) is 0 Å². The van der Waals surface area contributed by atoms with Gasteiger partial charge in [-0.25, -0.2) is 14.4 Å². The van der Waals surface area contributed by atoms with E-state index in [0.717, 1.165) is 18.7 Å². The first-order valence-corrected chi connectivity index (χ1v) is 8.06. The molecule has 1 aliphatic carbocycles. The molecule has 130 valence electrons. The number of rotatable bonds is 8. The molecule has 0 bridgehead atoms. The first-order chi connectivity index (χ1) is 11.1. The van der Waals surface area contributed by atoms with E-state index < -0.39 is 11.9 Å². The summed E-state index contributed by atoms with van der Waals surface area (Å²) >= 11 is 0. The summed E-state index contributed by atoms with van der Waals surface area (Å²) in [5, 5.41) is 5.59. The second-order valence-corrected chi connectivity index (χ2v) is 5.52. The van der Waals surface area contributed by atoms with Crippen molar-refractivity contribution >= 4 is 18.0 Å². The first-order valence-electron chi connectivity index (χ1n) is 8.06. The van der Waals surface area contributed by atoms with Crippen LogP contribution in [-0.4, -0.2) is 44.8 Å². The lowest BCUT2D eigenvalue weighted by Crippen LogP contribution is -2.39. The Bertz CT molecular complexity index is 417. The zero-order chi connectivity index (χ0) is 16.9. The zero-order valence-electron chi connectivity index (χ0n) is 13.6. The molecule has 2 amide bonds. The lowest BCUT2D eigenvalue weighted by molar-refractivity contribution is -0.139. The highest BCUT2D eigenvalue weighted by Crippen LogP contribution is 2.22. The van der Waals surface area contributed by atoms with Gasteiger partial charge in [-0.1, -0.05) is 19.3 Å².